The number of aromatic nitrogens is 3. The molecule has 1 amide bonds. The topological polar surface area (TPSA) is 103 Å². The normalized spacial score (nSPS) is 14.6. The maximum Gasteiger partial charge on any atom is 0.409 e. The van der Waals surface area contributed by atoms with Gasteiger partial charge in [0.1, 0.15) is 5.82 Å². The van der Waals surface area contributed by atoms with Gasteiger partial charge in [-0.25, -0.2) is 14.8 Å². The summed E-state index contributed by atoms with van der Waals surface area (Å²) >= 11 is 0. The van der Waals surface area contributed by atoms with Gasteiger partial charge in [0.2, 0.25) is 0 Å². The van der Waals surface area contributed by atoms with Crippen molar-refractivity contribution in [3.63, 3.8) is 0 Å². The van der Waals surface area contributed by atoms with Crippen molar-refractivity contribution in [1.29, 1.82) is 0 Å². The number of H-pyrrole nitrogens is 1. The maximum absolute atomic E-state index is 10.7. The van der Waals surface area contributed by atoms with Gasteiger partial charge in [-0.2, -0.15) is 0 Å². The summed E-state index contributed by atoms with van der Waals surface area (Å²) in [4.78, 5) is 24.8. The number of aromatic amines is 1. The second-order valence-electron chi connectivity index (χ2n) is 5.76. The van der Waals surface area contributed by atoms with Crippen molar-refractivity contribution < 1.29 is 14.6 Å². The van der Waals surface area contributed by atoms with Crippen molar-refractivity contribution in [2.24, 2.45) is 0 Å². The average Bonchev–Trinajstić information content (AvgIpc) is 3.05. The van der Waals surface area contributed by atoms with E-state index in [0.717, 1.165) is 37.6 Å². The molecule has 0 radical (unpaired) electrons. The van der Waals surface area contributed by atoms with Crippen LogP contribution in [0.25, 0.3) is 22.6 Å². The van der Waals surface area contributed by atoms with Crippen LogP contribution in [-0.4, -0.2) is 52.5 Å². The Kier molecular flexibility index (Phi) is 3.95. The molecule has 0 saturated carbocycles. The SMILES string of the molecule is O=C(O)Nc1cnc2nc(-c3ccc(N4CCOCC4)cc3)[nH]c2c1. The lowest BCUT2D eigenvalue weighted by Crippen LogP contribution is -2.36. The third kappa shape index (κ3) is 3.24. The number of anilines is 2. The summed E-state index contributed by atoms with van der Waals surface area (Å²) in [5.74, 6) is 0.698. The fourth-order valence-electron chi connectivity index (χ4n) is 2.88. The van der Waals surface area contributed by atoms with Crippen LogP contribution in [0.15, 0.2) is 36.5 Å². The highest BCUT2D eigenvalue weighted by Crippen LogP contribution is 2.24. The molecule has 0 atom stereocenters. The smallest absolute Gasteiger partial charge is 0.409 e. The molecule has 1 saturated heterocycles. The average molecular weight is 339 g/mol. The molecule has 0 spiro atoms. The van der Waals surface area contributed by atoms with E-state index in [-0.39, 0.29) is 0 Å². The van der Waals surface area contributed by atoms with E-state index in [1.165, 1.54) is 6.20 Å². The molecule has 3 aromatic rings. The predicted molar refractivity (Wildman–Crippen MR) is 94.0 cm³/mol. The molecule has 8 nitrogen and oxygen atoms in total. The molecule has 8 heteroatoms. The van der Waals surface area contributed by atoms with Gasteiger partial charge in [0.15, 0.2) is 5.65 Å². The summed E-state index contributed by atoms with van der Waals surface area (Å²) < 4.78 is 5.38. The first-order valence-electron chi connectivity index (χ1n) is 7.98. The molecule has 25 heavy (non-hydrogen) atoms. The number of imidazole rings is 1. The Balaban J connectivity index is 1.59. The molecule has 0 bridgehead atoms. The standard InChI is InChI=1S/C17H17N5O3/c23-17(24)19-12-9-14-16(18-10-12)21-15(20-14)11-1-3-13(4-2-11)22-5-7-25-8-6-22/h1-4,9-10,19H,5-8H2,(H,23,24)(H,18,20,21). The van der Waals surface area contributed by atoms with Gasteiger partial charge >= 0.3 is 6.09 Å². The van der Waals surface area contributed by atoms with Crippen molar-refractivity contribution in [2.45, 2.75) is 0 Å². The highest BCUT2D eigenvalue weighted by molar-refractivity contribution is 5.86. The maximum atomic E-state index is 10.7. The third-order valence-corrected chi connectivity index (χ3v) is 4.11. The van der Waals surface area contributed by atoms with Crippen LogP contribution in [-0.2, 0) is 4.74 Å². The number of nitrogens with one attached hydrogen (secondary N) is 2. The van der Waals surface area contributed by atoms with Crippen molar-refractivity contribution in [1.82, 2.24) is 15.0 Å². The number of rotatable bonds is 3. The summed E-state index contributed by atoms with van der Waals surface area (Å²) in [6, 6.07) is 9.84. The fourth-order valence-corrected chi connectivity index (χ4v) is 2.88. The lowest BCUT2D eigenvalue weighted by atomic mass is 10.2. The second kappa shape index (κ2) is 6.40. The Morgan fingerprint density at radius 2 is 2.00 bits per heavy atom. The van der Waals surface area contributed by atoms with Crippen LogP contribution < -0.4 is 10.2 Å². The van der Waals surface area contributed by atoms with E-state index < -0.39 is 6.09 Å². The number of morpholine rings is 1. The zero-order chi connectivity index (χ0) is 17.2. The van der Waals surface area contributed by atoms with E-state index in [4.69, 9.17) is 9.84 Å². The minimum atomic E-state index is -1.13. The molecule has 1 aliphatic rings. The number of pyridine rings is 1. The molecule has 4 rings (SSSR count). The van der Waals surface area contributed by atoms with Crippen molar-refractivity contribution in [3.8, 4) is 11.4 Å². The number of amides is 1. The van der Waals surface area contributed by atoms with Crippen molar-refractivity contribution >= 4 is 28.6 Å². The lowest BCUT2D eigenvalue weighted by molar-refractivity contribution is 0.122. The van der Waals surface area contributed by atoms with E-state index in [9.17, 15) is 4.79 Å². The van der Waals surface area contributed by atoms with Crippen LogP contribution in [0, 0.1) is 0 Å². The molecule has 1 aromatic carbocycles. The van der Waals surface area contributed by atoms with Crippen LogP contribution in [0.2, 0.25) is 0 Å². The summed E-state index contributed by atoms with van der Waals surface area (Å²) in [5, 5.41) is 11.1. The first kappa shape index (κ1) is 15.4. The minimum absolute atomic E-state index is 0.401. The van der Waals surface area contributed by atoms with E-state index in [1.807, 2.05) is 12.1 Å². The first-order chi connectivity index (χ1) is 12.2. The highest BCUT2D eigenvalue weighted by atomic mass is 16.5. The molecular weight excluding hydrogens is 322 g/mol. The Hall–Kier alpha value is -3.13. The number of nitrogens with zero attached hydrogens (tertiary/aromatic N) is 3. The van der Waals surface area contributed by atoms with E-state index >= 15 is 0 Å². The fraction of sp³-hybridized carbons (Fsp3) is 0.235. The number of hydrogen-bond donors (Lipinski definition) is 3. The van der Waals surface area contributed by atoms with Crippen LogP contribution in [0.5, 0.6) is 0 Å². The first-order valence-corrected chi connectivity index (χ1v) is 7.98. The van der Waals surface area contributed by atoms with Gasteiger partial charge in [-0.1, -0.05) is 0 Å². The number of carboxylic acid groups (broad SMARTS) is 1. The molecule has 2 aromatic heterocycles. The molecule has 3 N–H and O–H groups in total. The van der Waals surface area contributed by atoms with E-state index in [0.29, 0.717) is 22.7 Å². The van der Waals surface area contributed by atoms with Gasteiger partial charge < -0.3 is 19.7 Å². The largest absolute Gasteiger partial charge is 0.465 e. The summed E-state index contributed by atoms with van der Waals surface area (Å²) in [6.45, 7) is 3.30. The zero-order valence-electron chi connectivity index (χ0n) is 13.4. The second-order valence-corrected chi connectivity index (χ2v) is 5.76. The molecule has 0 unspecified atom stereocenters. The zero-order valence-corrected chi connectivity index (χ0v) is 13.4. The Morgan fingerprint density at radius 1 is 1.24 bits per heavy atom. The van der Waals surface area contributed by atoms with E-state index in [2.05, 4.69) is 37.3 Å². The Bertz CT molecular complexity index is 900. The monoisotopic (exact) mass is 339 g/mol. The number of fused-ring (bicyclic) bond motifs is 1. The number of ether oxygens (including phenoxy) is 1. The van der Waals surface area contributed by atoms with Gasteiger partial charge in [-0.3, -0.25) is 5.32 Å². The molecule has 1 aliphatic heterocycles. The van der Waals surface area contributed by atoms with E-state index in [1.54, 1.807) is 6.07 Å². The Labute approximate surface area is 143 Å². The highest BCUT2D eigenvalue weighted by Gasteiger charge is 2.12. The van der Waals surface area contributed by atoms with Gasteiger partial charge in [0.25, 0.3) is 0 Å². The summed E-state index contributed by atoms with van der Waals surface area (Å²) in [6.07, 6.45) is 0.322. The van der Waals surface area contributed by atoms with Crippen LogP contribution in [0.4, 0.5) is 16.2 Å². The molecule has 0 aliphatic carbocycles. The van der Waals surface area contributed by atoms with Crippen molar-refractivity contribution in [2.75, 3.05) is 36.5 Å². The molecule has 128 valence electrons. The molecular formula is C17H17N5O3. The molecule has 1 fully saturated rings. The van der Waals surface area contributed by atoms with Gasteiger partial charge in [0, 0.05) is 24.3 Å². The van der Waals surface area contributed by atoms with Gasteiger partial charge in [-0.15, -0.1) is 0 Å². The number of carbonyl (C=O) groups is 1. The van der Waals surface area contributed by atoms with Crippen molar-refractivity contribution in [3.05, 3.63) is 36.5 Å². The van der Waals surface area contributed by atoms with Crippen LogP contribution in [0.1, 0.15) is 0 Å². The molecule has 3 heterocycles. The quantitative estimate of drug-likeness (QED) is 0.677. The number of benzene rings is 1. The number of hydrogen-bond acceptors (Lipinski definition) is 5. The Morgan fingerprint density at radius 3 is 2.72 bits per heavy atom. The summed E-state index contributed by atoms with van der Waals surface area (Å²) in [7, 11) is 0. The van der Waals surface area contributed by atoms with Gasteiger partial charge in [0.05, 0.1) is 30.6 Å². The van der Waals surface area contributed by atoms with Gasteiger partial charge in [-0.05, 0) is 30.3 Å². The minimum Gasteiger partial charge on any atom is -0.465 e. The third-order valence-electron chi connectivity index (χ3n) is 4.11. The van der Waals surface area contributed by atoms with Crippen LogP contribution in [0.3, 0.4) is 0 Å². The summed E-state index contributed by atoms with van der Waals surface area (Å²) in [5.41, 5.74) is 3.73. The lowest BCUT2D eigenvalue weighted by Gasteiger charge is -2.28. The predicted octanol–water partition coefficient (Wildman–Crippen LogP) is 2.55. The van der Waals surface area contributed by atoms with Crippen LogP contribution >= 0.6 is 0 Å².